The Kier molecular flexibility index (Phi) is 5.91. The zero-order chi connectivity index (χ0) is 22.0. The summed E-state index contributed by atoms with van der Waals surface area (Å²) in [5.74, 6) is 0.00501. The van der Waals surface area contributed by atoms with Crippen molar-refractivity contribution >= 4 is 23.2 Å². The van der Waals surface area contributed by atoms with Crippen molar-refractivity contribution in [1.29, 1.82) is 0 Å². The van der Waals surface area contributed by atoms with Crippen LogP contribution in [0.4, 0.5) is 5.69 Å². The average Bonchev–Trinajstić information content (AvgIpc) is 2.79. The number of para-hydroxylation sites is 1. The monoisotopic (exact) mass is 438 g/mol. The molecule has 0 aliphatic carbocycles. The summed E-state index contributed by atoms with van der Waals surface area (Å²) in [5.41, 5.74) is 3.05. The molecule has 0 bridgehead atoms. The van der Waals surface area contributed by atoms with Gasteiger partial charge in [0.15, 0.2) is 11.5 Å². The van der Waals surface area contributed by atoms with E-state index in [0.717, 1.165) is 24.2 Å². The van der Waals surface area contributed by atoms with Gasteiger partial charge in [-0.3, -0.25) is 4.79 Å². The van der Waals surface area contributed by atoms with Crippen LogP contribution in [0.5, 0.6) is 17.2 Å². The topological polar surface area (TPSA) is 82.0 Å². The van der Waals surface area contributed by atoms with Crippen LogP contribution in [-0.4, -0.2) is 34.7 Å². The maximum atomic E-state index is 13.3. The third kappa shape index (κ3) is 4.25. The predicted molar refractivity (Wildman–Crippen MR) is 120 cm³/mol. The first kappa shape index (κ1) is 20.9. The lowest BCUT2D eigenvalue weighted by molar-refractivity contribution is 0.0680. The summed E-state index contributed by atoms with van der Waals surface area (Å²) in [6.45, 7) is 0.496. The molecule has 0 radical (unpaired) electrons. The quantitative estimate of drug-likeness (QED) is 0.474. The van der Waals surface area contributed by atoms with Crippen molar-refractivity contribution in [2.45, 2.75) is 19.0 Å². The van der Waals surface area contributed by atoms with Crippen LogP contribution in [0.3, 0.4) is 0 Å². The van der Waals surface area contributed by atoms with Crippen molar-refractivity contribution in [1.82, 2.24) is 4.90 Å². The number of aromatic hydroxyl groups is 2. The zero-order valence-corrected chi connectivity index (χ0v) is 17.8. The van der Waals surface area contributed by atoms with Gasteiger partial charge >= 0.3 is 0 Å². The fourth-order valence-electron chi connectivity index (χ4n) is 3.80. The Hall–Kier alpha value is -3.38. The largest absolute Gasteiger partial charge is 0.504 e. The minimum atomic E-state index is -0.526. The van der Waals surface area contributed by atoms with Crippen molar-refractivity contribution < 1.29 is 19.7 Å². The van der Waals surface area contributed by atoms with Gasteiger partial charge in [-0.25, -0.2) is 0 Å². The van der Waals surface area contributed by atoms with Gasteiger partial charge in [0.1, 0.15) is 11.9 Å². The second-order valence-electron chi connectivity index (χ2n) is 7.41. The van der Waals surface area contributed by atoms with Gasteiger partial charge in [0.2, 0.25) is 0 Å². The van der Waals surface area contributed by atoms with Crippen LogP contribution < -0.4 is 10.1 Å². The van der Waals surface area contributed by atoms with Gasteiger partial charge in [0, 0.05) is 17.8 Å². The number of ether oxygens (including phenoxy) is 1. The maximum absolute atomic E-state index is 13.3. The Morgan fingerprint density at radius 3 is 2.55 bits per heavy atom. The summed E-state index contributed by atoms with van der Waals surface area (Å²) in [6.07, 6.45) is 1.02. The summed E-state index contributed by atoms with van der Waals surface area (Å²) in [6, 6.07) is 18.2. The maximum Gasteiger partial charge on any atom is 0.257 e. The molecule has 1 atom stereocenters. The highest BCUT2D eigenvalue weighted by molar-refractivity contribution is 6.32. The number of carbonyl (C=O) groups excluding carboxylic acids is 1. The lowest BCUT2D eigenvalue weighted by atomic mass is 10.0. The van der Waals surface area contributed by atoms with Crippen molar-refractivity contribution in [2.24, 2.45) is 0 Å². The highest BCUT2D eigenvalue weighted by atomic mass is 35.5. The lowest BCUT2D eigenvalue weighted by Crippen LogP contribution is -2.43. The molecule has 160 valence electrons. The van der Waals surface area contributed by atoms with E-state index in [-0.39, 0.29) is 22.4 Å². The molecule has 3 aromatic rings. The third-order valence-electron chi connectivity index (χ3n) is 5.43. The molecule has 1 aliphatic rings. The smallest absolute Gasteiger partial charge is 0.257 e. The fraction of sp³-hybridized carbons (Fsp3) is 0.208. The van der Waals surface area contributed by atoms with E-state index in [1.807, 2.05) is 42.5 Å². The molecular formula is C24H23ClN2O4. The SMILES string of the molecule is COc1ccc(CCCN2C(=O)c3ccccc3NC2c2cc(O)c(O)c(Cl)c2)cc1. The molecule has 31 heavy (non-hydrogen) atoms. The number of methoxy groups -OCH3 is 1. The number of benzene rings is 3. The van der Waals surface area contributed by atoms with Gasteiger partial charge in [0.25, 0.3) is 5.91 Å². The van der Waals surface area contributed by atoms with Crippen LogP contribution in [-0.2, 0) is 6.42 Å². The van der Waals surface area contributed by atoms with E-state index in [4.69, 9.17) is 16.3 Å². The summed E-state index contributed by atoms with van der Waals surface area (Å²) in [7, 11) is 1.63. The number of amides is 1. The van der Waals surface area contributed by atoms with E-state index in [1.54, 1.807) is 24.1 Å². The number of halogens is 1. The lowest BCUT2D eigenvalue weighted by Gasteiger charge is -2.38. The minimum Gasteiger partial charge on any atom is -0.504 e. The first-order valence-electron chi connectivity index (χ1n) is 9.99. The van der Waals surface area contributed by atoms with Crippen LogP contribution in [0.1, 0.15) is 34.1 Å². The number of fused-ring (bicyclic) bond motifs is 1. The summed E-state index contributed by atoms with van der Waals surface area (Å²) >= 11 is 6.08. The summed E-state index contributed by atoms with van der Waals surface area (Å²) in [5, 5.41) is 23.3. The molecule has 0 spiro atoms. The molecule has 1 amide bonds. The van der Waals surface area contributed by atoms with Crippen molar-refractivity contribution in [3.05, 3.63) is 82.4 Å². The highest BCUT2D eigenvalue weighted by Crippen LogP contribution is 2.40. The molecule has 4 rings (SSSR count). The van der Waals surface area contributed by atoms with E-state index in [2.05, 4.69) is 5.32 Å². The number of phenols is 2. The molecule has 0 saturated carbocycles. The van der Waals surface area contributed by atoms with Gasteiger partial charge in [-0.15, -0.1) is 0 Å². The molecule has 3 aromatic carbocycles. The number of carbonyl (C=O) groups is 1. The molecule has 6 nitrogen and oxygen atoms in total. The van der Waals surface area contributed by atoms with E-state index in [1.165, 1.54) is 6.07 Å². The third-order valence-corrected chi connectivity index (χ3v) is 5.72. The standard InChI is InChI=1S/C24H23ClN2O4/c1-31-17-10-8-15(9-11-17)5-4-12-27-23(16-13-19(25)22(29)21(28)14-16)26-20-7-3-2-6-18(20)24(27)30/h2-3,6-11,13-14,23,26,28-29H,4-5,12H2,1H3. The van der Waals surface area contributed by atoms with Crippen molar-refractivity contribution in [3.8, 4) is 17.2 Å². The van der Waals surface area contributed by atoms with E-state index < -0.39 is 6.17 Å². The number of nitrogens with one attached hydrogen (secondary N) is 1. The van der Waals surface area contributed by atoms with Gasteiger partial charge in [-0.05, 0) is 54.8 Å². The van der Waals surface area contributed by atoms with Gasteiger partial charge in [-0.1, -0.05) is 35.9 Å². The Morgan fingerprint density at radius 1 is 1.10 bits per heavy atom. The second-order valence-corrected chi connectivity index (χ2v) is 7.82. The summed E-state index contributed by atoms with van der Waals surface area (Å²) in [4.78, 5) is 15.0. The minimum absolute atomic E-state index is 0.0290. The van der Waals surface area contributed by atoms with Crippen molar-refractivity contribution in [2.75, 3.05) is 19.0 Å². The molecule has 7 heteroatoms. The van der Waals surface area contributed by atoms with Crippen LogP contribution >= 0.6 is 11.6 Å². The molecule has 3 N–H and O–H groups in total. The van der Waals surface area contributed by atoms with Crippen LogP contribution in [0, 0.1) is 0 Å². The number of anilines is 1. The second kappa shape index (κ2) is 8.78. The first-order chi connectivity index (χ1) is 15.0. The number of phenolic OH excluding ortho intramolecular Hbond substituents is 2. The Balaban J connectivity index is 1.59. The predicted octanol–water partition coefficient (Wildman–Crippen LogP) is 4.96. The summed E-state index contributed by atoms with van der Waals surface area (Å²) < 4.78 is 5.20. The molecule has 0 aromatic heterocycles. The van der Waals surface area contributed by atoms with E-state index >= 15 is 0 Å². The van der Waals surface area contributed by atoms with Crippen LogP contribution in [0.2, 0.25) is 5.02 Å². The van der Waals surface area contributed by atoms with Crippen molar-refractivity contribution in [3.63, 3.8) is 0 Å². The van der Waals surface area contributed by atoms with E-state index in [9.17, 15) is 15.0 Å². The normalized spacial score (nSPS) is 15.4. The van der Waals surface area contributed by atoms with Crippen LogP contribution in [0.25, 0.3) is 0 Å². The fourth-order valence-corrected chi connectivity index (χ4v) is 4.02. The molecule has 0 fully saturated rings. The Morgan fingerprint density at radius 2 is 1.84 bits per heavy atom. The molecular weight excluding hydrogens is 416 g/mol. The molecule has 1 unspecified atom stereocenters. The average molecular weight is 439 g/mol. The number of aryl methyl sites for hydroxylation is 1. The van der Waals surface area contributed by atoms with Gasteiger partial charge < -0.3 is 25.2 Å². The number of hydrogen-bond acceptors (Lipinski definition) is 5. The van der Waals surface area contributed by atoms with Gasteiger partial charge in [0.05, 0.1) is 17.7 Å². The molecule has 0 saturated heterocycles. The number of hydrogen-bond donors (Lipinski definition) is 3. The highest BCUT2D eigenvalue weighted by Gasteiger charge is 2.33. The van der Waals surface area contributed by atoms with E-state index in [0.29, 0.717) is 23.4 Å². The first-order valence-corrected chi connectivity index (χ1v) is 10.4. The molecule has 1 aliphatic heterocycles. The van der Waals surface area contributed by atoms with Crippen LogP contribution in [0.15, 0.2) is 60.7 Å². The van der Waals surface area contributed by atoms with Gasteiger partial charge in [-0.2, -0.15) is 0 Å². The zero-order valence-electron chi connectivity index (χ0n) is 17.0. The Labute approximate surface area is 185 Å². The Bertz CT molecular complexity index is 1080. The number of nitrogens with zero attached hydrogens (tertiary/aromatic N) is 1. The number of rotatable bonds is 6. The molecule has 1 heterocycles.